The Hall–Kier alpha value is -0.820. The van der Waals surface area contributed by atoms with Crippen molar-refractivity contribution < 1.29 is 9.90 Å². The first-order valence-corrected chi connectivity index (χ1v) is 8.42. The van der Waals surface area contributed by atoms with Crippen LogP contribution in [0.1, 0.15) is 32.6 Å². The quantitative estimate of drug-likeness (QED) is 0.844. The van der Waals surface area contributed by atoms with Crippen molar-refractivity contribution in [3.05, 3.63) is 0 Å². The lowest BCUT2D eigenvalue weighted by atomic mass is 9.98. The lowest BCUT2D eigenvalue weighted by molar-refractivity contribution is -0.133. The summed E-state index contributed by atoms with van der Waals surface area (Å²) in [6.45, 7) is 4.33. The molecule has 5 nitrogen and oxygen atoms in total. The largest absolute Gasteiger partial charge is 0.481 e. The summed E-state index contributed by atoms with van der Waals surface area (Å²) < 4.78 is 0.744. The lowest BCUT2D eigenvalue weighted by Crippen LogP contribution is -2.23. The molecule has 0 amide bonds. The van der Waals surface area contributed by atoms with Crippen LogP contribution in [0.3, 0.4) is 0 Å². The molecule has 19 heavy (non-hydrogen) atoms. The van der Waals surface area contributed by atoms with Crippen LogP contribution in [0.5, 0.6) is 0 Å². The molecule has 0 aromatic carbocycles. The van der Waals surface area contributed by atoms with E-state index >= 15 is 0 Å². The van der Waals surface area contributed by atoms with E-state index in [4.69, 9.17) is 5.11 Å². The summed E-state index contributed by atoms with van der Waals surface area (Å²) in [7, 11) is 0. The maximum atomic E-state index is 10.5. The van der Waals surface area contributed by atoms with Gasteiger partial charge < -0.3 is 10.0 Å². The van der Waals surface area contributed by atoms with Crippen LogP contribution in [0, 0.1) is 5.92 Å². The average molecular weight is 301 g/mol. The molecule has 0 saturated carbocycles. The second-order valence-electron chi connectivity index (χ2n) is 4.73. The van der Waals surface area contributed by atoms with Gasteiger partial charge in [0.1, 0.15) is 0 Å². The molecule has 1 aromatic rings. The normalized spacial score (nSPS) is 20.3. The van der Waals surface area contributed by atoms with Crippen molar-refractivity contribution >= 4 is 34.2 Å². The Balaban J connectivity index is 1.92. The Morgan fingerprint density at radius 1 is 1.47 bits per heavy atom. The number of carboxylic acid groups (broad SMARTS) is 1. The van der Waals surface area contributed by atoms with Crippen molar-refractivity contribution in [1.29, 1.82) is 0 Å². The van der Waals surface area contributed by atoms with Crippen LogP contribution in [0.2, 0.25) is 0 Å². The highest BCUT2D eigenvalue weighted by Gasteiger charge is 2.19. The highest BCUT2D eigenvalue weighted by atomic mass is 32.2. The first kappa shape index (κ1) is 14.6. The van der Waals surface area contributed by atoms with Crippen molar-refractivity contribution in [1.82, 2.24) is 10.2 Å². The maximum Gasteiger partial charge on any atom is 0.313 e. The van der Waals surface area contributed by atoms with E-state index in [1.165, 1.54) is 48.8 Å². The van der Waals surface area contributed by atoms with Gasteiger partial charge in [0.15, 0.2) is 4.34 Å². The van der Waals surface area contributed by atoms with E-state index in [1.807, 2.05) is 0 Å². The van der Waals surface area contributed by atoms with Crippen LogP contribution < -0.4 is 4.90 Å². The lowest BCUT2D eigenvalue weighted by Gasteiger charge is -2.18. The van der Waals surface area contributed by atoms with Gasteiger partial charge in [-0.1, -0.05) is 36.4 Å². The summed E-state index contributed by atoms with van der Waals surface area (Å²) in [5, 5.41) is 17.8. The SMILES string of the molecule is CCC1CCCN(c2nnc(SCC(=O)O)s2)CC1. The molecule has 1 fully saturated rings. The van der Waals surface area contributed by atoms with Gasteiger partial charge in [-0.2, -0.15) is 0 Å². The van der Waals surface area contributed by atoms with Gasteiger partial charge in [-0.3, -0.25) is 4.79 Å². The van der Waals surface area contributed by atoms with Crippen LogP contribution in [-0.2, 0) is 4.79 Å². The molecule has 7 heteroatoms. The number of rotatable bonds is 5. The summed E-state index contributed by atoms with van der Waals surface area (Å²) in [6.07, 6.45) is 4.97. The van der Waals surface area contributed by atoms with Crippen molar-refractivity contribution in [3.8, 4) is 0 Å². The smallest absolute Gasteiger partial charge is 0.313 e. The Morgan fingerprint density at radius 2 is 2.32 bits per heavy atom. The van der Waals surface area contributed by atoms with Gasteiger partial charge in [0.25, 0.3) is 0 Å². The minimum Gasteiger partial charge on any atom is -0.481 e. The zero-order valence-corrected chi connectivity index (χ0v) is 12.7. The Bertz CT molecular complexity index is 425. The van der Waals surface area contributed by atoms with Gasteiger partial charge in [-0.25, -0.2) is 0 Å². The van der Waals surface area contributed by atoms with E-state index in [9.17, 15) is 4.79 Å². The molecule has 0 bridgehead atoms. The summed E-state index contributed by atoms with van der Waals surface area (Å²) in [6, 6.07) is 0. The molecule has 1 unspecified atom stereocenters. The number of aromatic nitrogens is 2. The Labute approximate surface area is 121 Å². The fourth-order valence-electron chi connectivity index (χ4n) is 2.28. The van der Waals surface area contributed by atoms with Crippen molar-refractivity contribution in [2.24, 2.45) is 5.92 Å². The number of aliphatic carboxylic acids is 1. The third-order valence-corrected chi connectivity index (χ3v) is 5.51. The molecule has 1 aliphatic rings. The summed E-state index contributed by atoms with van der Waals surface area (Å²) in [4.78, 5) is 12.8. The highest BCUT2D eigenvalue weighted by Crippen LogP contribution is 2.30. The van der Waals surface area contributed by atoms with Gasteiger partial charge in [0.05, 0.1) is 5.75 Å². The zero-order valence-electron chi connectivity index (χ0n) is 11.0. The van der Waals surface area contributed by atoms with Crippen LogP contribution >= 0.6 is 23.1 Å². The van der Waals surface area contributed by atoms with Gasteiger partial charge >= 0.3 is 5.97 Å². The second kappa shape index (κ2) is 7.09. The molecule has 2 heterocycles. The average Bonchev–Trinajstić information content (AvgIpc) is 2.73. The third-order valence-electron chi connectivity index (χ3n) is 3.41. The number of carbonyl (C=O) groups is 1. The van der Waals surface area contributed by atoms with Gasteiger partial charge in [-0.05, 0) is 25.2 Å². The van der Waals surface area contributed by atoms with E-state index in [0.717, 1.165) is 28.5 Å². The van der Waals surface area contributed by atoms with Crippen LogP contribution in [-0.4, -0.2) is 40.1 Å². The van der Waals surface area contributed by atoms with Gasteiger partial charge in [0.2, 0.25) is 5.13 Å². The number of thioether (sulfide) groups is 1. The third kappa shape index (κ3) is 4.35. The molecular formula is C12H19N3O2S2. The molecule has 1 atom stereocenters. The van der Waals surface area contributed by atoms with Crippen LogP contribution in [0.4, 0.5) is 5.13 Å². The number of carboxylic acids is 1. The number of hydrogen-bond donors (Lipinski definition) is 1. The van der Waals surface area contributed by atoms with Gasteiger partial charge in [-0.15, -0.1) is 10.2 Å². The van der Waals surface area contributed by atoms with E-state index < -0.39 is 5.97 Å². The van der Waals surface area contributed by atoms with E-state index in [2.05, 4.69) is 22.0 Å². The second-order valence-corrected chi connectivity index (χ2v) is 6.90. The molecule has 0 aliphatic carbocycles. The van der Waals surface area contributed by atoms with E-state index in [1.54, 1.807) is 0 Å². The number of hydrogen-bond acceptors (Lipinski definition) is 6. The first-order valence-electron chi connectivity index (χ1n) is 6.62. The van der Waals surface area contributed by atoms with Gasteiger partial charge in [0, 0.05) is 13.1 Å². The predicted octanol–water partition coefficient (Wildman–Crippen LogP) is 2.73. The van der Waals surface area contributed by atoms with Crippen LogP contribution in [0.15, 0.2) is 4.34 Å². The fourth-order valence-corrected chi connectivity index (χ4v) is 3.89. The van der Waals surface area contributed by atoms with E-state index in [0.29, 0.717) is 0 Å². The monoisotopic (exact) mass is 301 g/mol. The Morgan fingerprint density at radius 3 is 3.05 bits per heavy atom. The minimum atomic E-state index is -0.817. The molecule has 0 radical (unpaired) electrons. The first-order chi connectivity index (χ1) is 9.19. The van der Waals surface area contributed by atoms with E-state index in [-0.39, 0.29) is 5.75 Å². The highest BCUT2D eigenvalue weighted by molar-refractivity contribution is 8.01. The molecule has 1 N–H and O–H groups in total. The molecule has 1 saturated heterocycles. The standard InChI is InChI=1S/C12H19N3O2S2/c1-2-9-4-3-6-15(7-5-9)11-13-14-12(19-11)18-8-10(16)17/h9H,2-8H2,1H3,(H,16,17). The molecular weight excluding hydrogens is 282 g/mol. The molecule has 1 aliphatic heterocycles. The van der Waals surface area contributed by atoms with Crippen molar-refractivity contribution in [2.45, 2.75) is 36.9 Å². The molecule has 106 valence electrons. The topological polar surface area (TPSA) is 66.3 Å². The predicted molar refractivity (Wildman–Crippen MR) is 78.1 cm³/mol. The zero-order chi connectivity index (χ0) is 13.7. The summed E-state index contributed by atoms with van der Waals surface area (Å²) in [5.74, 6) is 0.0631. The minimum absolute atomic E-state index is 0.0482. The summed E-state index contributed by atoms with van der Waals surface area (Å²) in [5.41, 5.74) is 0. The van der Waals surface area contributed by atoms with Crippen molar-refractivity contribution in [2.75, 3.05) is 23.7 Å². The Kier molecular flexibility index (Phi) is 5.45. The molecule has 2 rings (SSSR count). The number of nitrogens with zero attached hydrogens (tertiary/aromatic N) is 3. The molecule has 0 spiro atoms. The summed E-state index contributed by atoms with van der Waals surface area (Å²) >= 11 is 2.75. The molecule has 1 aromatic heterocycles. The fraction of sp³-hybridized carbons (Fsp3) is 0.750. The van der Waals surface area contributed by atoms with Crippen molar-refractivity contribution in [3.63, 3.8) is 0 Å². The maximum absolute atomic E-state index is 10.5. The van der Waals surface area contributed by atoms with Crippen LogP contribution in [0.25, 0.3) is 0 Å². The number of anilines is 1.